The molecule has 0 saturated carbocycles. The van der Waals surface area contributed by atoms with Crippen molar-refractivity contribution >= 4 is 22.8 Å². The van der Waals surface area contributed by atoms with Crippen molar-refractivity contribution < 1.29 is 35.9 Å². The number of hydrogen-bond acceptors (Lipinski definition) is 5. The van der Waals surface area contributed by atoms with Crippen LogP contribution in [-0.2, 0) is 12.4 Å². The number of rotatable bonds is 7. The van der Waals surface area contributed by atoms with Gasteiger partial charge in [0.25, 0.3) is 0 Å². The Hall–Kier alpha value is -3.77. The van der Waals surface area contributed by atoms with E-state index < -0.39 is 46.5 Å². The Morgan fingerprint density at radius 1 is 1.00 bits per heavy atom. The van der Waals surface area contributed by atoms with Crippen LogP contribution in [0.15, 0.2) is 36.4 Å². The van der Waals surface area contributed by atoms with Gasteiger partial charge in [-0.1, -0.05) is 23.8 Å². The standard InChI is InChI=1S/C22H21F6N5O2/c1-12-7-8-16(13(2)11-12)35-10-4-9-29-20(34)33-32-18-17-14(21(23,24)25)5-3-6-15(17)30-19(31-18)22(26,27)28/h3,5-8,11H,4,9-10H2,1-2H3,(H2,29,33,34)(H,30,31,32). The van der Waals surface area contributed by atoms with Crippen LogP contribution < -0.4 is 20.9 Å². The number of amides is 2. The highest BCUT2D eigenvalue weighted by Crippen LogP contribution is 2.38. The average molecular weight is 501 g/mol. The molecular weight excluding hydrogens is 480 g/mol. The van der Waals surface area contributed by atoms with Crippen LogP contribution in [0.3, 0.4) is 0 Å². The zero-order valence-corrected chi connectivity index (χ0v) is 18.6. The lowest BCUT2D eigenvalue weighted by molar-refractivity contribution is -0.144. The predicted molar refractivity (Wildman–Crippen MR) is 116 cm³/mol. The van der Waals surface area contributed by atoms with E-state index >= 15 is 0 Å². The van der Waals surface area contributed by atoms with E-state index in [0.29, 0.717) is 18.2 Å². The summed E-state index contributed by atoms with van der Waals surface area (Å²) in [5.74, 6) is -1.81. The van der Waals surface area contributed by atoms with Gasteiger partial charge < -0.3 is 10.1 Å². The number of fused-ring (bicyclic) bond motifs is 1. The summed E-state index contributed by atoms with van der Waals surface area (Å²) in [4.78, 5) is 18.4. The molecule has 3 rings (SSSR count). The molecule has 0 unspecified atom stereocenters. The minimum Gasteiger partial charge on any atom is -0.493 e. The first kappa shape index (κ1) is 25.8. The van der Waals surface area contributed by atoms with E-state index in [2.05, 4.69) is 15.3 Å². The van der Waals surface area contributed by atoms with Gasteiger partial charge in [-0.2, -0.15) is 26.3 Å². The molecule has 0 aliphatic carbocycles. The summed E-state index contributed by atoms with van der Waals surface area (Å²) in [6.07, 6.45) is -9.51. The average Bonchev–Trinajstić information content (AvgIpc) is 2.76. The summed E-state index contributed by atoms with van der Waals surface area (Å²) in [5.41, 5.74) is 4.25. The molecule has 35 heavy (non-hydrogen) atoms. The van der Waals surface area contributed by atoms with Gasteiger partial charge in [-0.3, -0.25) is 10.9 Å². The number of carbonyl (C=O) groups excluding carboxylic acids is 1. The third-order valence-electron chi connectivity index (χ3n) is 4.77. The minimum absolute atomic E-state index is 0.130. The summed E-state index contributed by atoms with van der Waals surface area (Å²) >= 11 is 0. The van der Waals surface area contributed by atoms with Gasteiger partial charge >= 0.3 is 18.4 Å². The van der Waals surface area contributed by atoms with E-state index in [1.165, 1.54) is 0 Å². The first-order chi connectivity index (χ1) is 16.4. The third-order valence-corrected chi connectivity index (χ3v) is 4.77. The molecule has 0 atom stereocenters. The Bertz CT molecular complexity index is 1210. The number of halogens is 6. The van der Waals surface area contributed by atoms with E-state index in [-0.39, 0.29) is 13.2 Å². The molecule has 2 aromatic carbocycles. The first-order valence-electron chi connectivity index (χ1n) is 10.3. The van der Waals surface area contributed by atoms with Crippen molar-refractivity contribution in [1.82, 2.24) is 20.7 Å². The van der Waals surface area contributed by atoms with Crippen molar-refractivity contribution in [3.05, 3.63) is 58.9 Å². The molecule has 2 amide bonds. The smallest absolute Gasteiger partial charge is 0.451 e. The molecule has 0 spiro atoms. The van der Waals surface area contributed by atoms with E-state index in [9.17, 15) is 31.1 Å². The van der Waals surface area contributed by atoms with Crippen molar-refractivity contribution in [3.8, 4) is 5.75 Å². The second-order valence-corrected chi connectivity index (χ2v) is 7.57. The molecule has 13 heteroatoms. The largest absolute Gasteiger partial charge is 0.493 e. The van der Waals surface area contributed by atoms with Crippen LogP contribution in [0.5, 0.6) is 5.75 Å². The number of hydrazine groups is 1. The zero-order valence-electron chi connectivity index (χ0n) is 18.6. The molecule has 0 aliphatic rings. The van der Waals surface area contributed by atoms with Gasteiger partial charge in [0.15, 0.2) is 5.82 Å². The van der Waals surface area contributed by atoms with Crippen molar-refractivity contribution in [2.24, 2.45) is 0 Å². The van der Waals surface area contributed by atoms with E-state index in [1.807, 2.05) is 42.9 Å². The predicted octanol–water partition coefficient (Wildman–Crippen LogP) is 5.38. The summed E-state index contributed by atoms with van der Waals surface area (Å²) in [7, 11) is 0. The highest BCUT2D eigenvalue weighted by atomic mass is 19.4. The second-order valence-electron chi connectivity index (χ2n) is 7.57. The maximum Gasteiger partial charge on any atom is 0.451 e. The number of urea groups is 1. The van der Waals surface area contributed by atoms with Crippen LogP contribution in [0.1, 0.15) is 28.9 Å². The Kier molecular flexibility index (Phi) is 7.56. The molecule has 3 N–H and O–H groups in total. The molecule has 7 nitrogen and oxygen atoms in total. The quantitative estimate of drug-likeness (QED) is 0.230. The maximum atomic E-state index is 13.4. The van der Waals surface area contributed by atoms with Crippen LogP contribution in [0.2, 0.25) is 0 Å². The molecule has 0 radical (unpaired) electrons. The van der Waals surface area contributed by atoms with E-state index in [0.717, 1.165) is 23.3 Å². The van der Waals surface area contributed by atoms with Gasteiger partial charge in [0.2, 0.25) is 5.82 Å². The number of nitrogens with zero attached hydrogens (tertiary/aromatic N) is 2. The fourth-order valence-electron chi connectivity index (χ4n) is 3.21. The van der Waals surface area contributed by atoms with E-state index in [1.54, 1.807) is 0 Å². The highest BCUT2D eigenvalue weighted by Gasteiger charge is 2.38. The van der Waals surface area contributed by atoms with Gasteiger partial charge in [-0.15, -0.1) is 0 Å². The molecular formula is C22H21F6N5O2. The zero-order chi connectivity index (χ0) is 25.8. The van der Waals surface area contributed by atoms with Crippen molar-refractivity contribution in [3.63, 3.8) is 0 Å². The molecule has 1 aromatic heterocycles. The summed E-state index contributed by atoms with van der Waals surface area (Å²) in [6, 6.07) is 7.39. The fraction of sp³-hybridized carbons (Fsp3) is 0.318. The van der Waals surface area contributed by atoms with Crippen molar-refractivity contribution in [2.45, 2.75) is 32.6 Å². The number of nitrogens with one attached hydrogen (secondary N) is 3. The van der Waals surface area contributed by atoms with Gasteiger partial charge in [-0.05, 0) is 44.0 Å². The fourth-order valence-corrected chi connectivity index (χ4v) is 3.21. The molecule has 188 valence electrons. The molecule has 3 aromatic rings. The normalized spacial score (nSPS) is 11.9. The van der Waals surface area contributed by atoms with Gasteiger partial charge in [0.05, 0.1) is 23.1 Å². The topological polar surface area (TPSA) is 88.2 Å². The Labute approximate surface area is 195 Å². The Morgan fingerprint density at radius 2 is 1.74 bits per heavy atom. The number of anilines is 1. The Morgan fingerprint density at radius 3 is 2.40 bits per heavy atom. The number of hydrogen-bond donors (Lipinski definition) is 3. The molecule has 0 fully saturated rings. The second kappa shape index (κ2) is 10.2. The van der Waals surface area contributed by atoms with Gasteiger partial charge in [0, 0.05) is 6.54 Å². The molecule has 0 saturated heterocycles. The van der Waals surface area contributed by atoms with Crippen LogP contribution in [-0.4, -0.2) is 29.2 Å². The van der Waals surface area contributed by atoms with Crippen LogP contribution in [0, 0.1) is 13.8 Å². The number of ether oxygens (including phenoxy) is 1. The molecule has 1 heterocycles. The van der Waals surface area contributed by atoms with Crippen molar-refractivity contribution in [2.75, 3.05) is 18.6 Å². The van der Waals surface area contributed by atoms with E-state index in [4.69, 9.17) is 4.74 Å². The minimum atomic E-state index is -5.02. The Balaban J connectivity index is 1.64. The monoisotopic (exact) mass is 501 g/mol. The van der Waals surface area contributed by atoms with Gasteiger partial charge in [0.1, 0.15) is 5.75 Å². The van der Waals surface area contributed by atoms with Crippen molar-refractivity contribution in [1.29, 1.82) is 0 Å². The lowest BCUT2D eigenvalue weighted by Crippen LogP contribution is -2.40. The first-order valence-corrected chi connectivity index (χ1v) is 10.3. The lowest BCUT2D eigenvalue weighted by atomic mass is 10.1. The molecule has 0 bridgehead atoms. The summed E-state index contributed by atoms with van der Waals surface area (Å²) in [6.45, 7) is 4.25. The molecule has 0 aliphatic heterocycles. The SMILES string of the molecule is Cc1ccc(OCCCNC(=O)NNc2nc(C(F)(F)F)nc3cccc(C(F)(F)F)c23)c(C)c1. The number of aryl methyl sites for hydroxylation is 2. The number of benzene rings is 2. The number of carbonyl (C=O) groups is 1. The lowest BCUT2D eigenvalue weighted by Gasteiger charge is -2.17. The van der Waals surface area contributed by atoms with Crippen LogP contribution >= 0.6 is 0 Å². The van der Waals surface area contributed by atoms with Crippen LogP contribution in [0.25, 0.3) is 10.9 Å². The highest BCUT2D eigenvalue weighted by molar-refractivity contribution is 5.93. The number of alkyl halides is 6. The third kappa shape index (κ3) is 6.64. The number of aromatic nitrogens is 2. The maximum absolute atomic E-state index is 13.4. The summed E-state index contributed by atoms with van der Waals surface area (Å²) in [5, 5.41) is 1.71. The van der Waals surface area contributed by atoms with Gasteiger partial charge in [-0.25, -0.2) is 14.8 Å². The van der Waals surface area contributed by atoms with Crippen LogP contribution in [0.4, 0.5) is 37.0 Å². The summed E-state index contributed by atoms with van der Waals surface area (Å²) < 4.78 is 85.3.